The average Bonchev–Trinajstić information content (AvgIpc) is 2.15. The van der Waals surface area contributed by atoms with Crippen LogP contribution in [-0.4, -0.2) is 13.9 Å². The first-order chi connectivity index (χ1) is 5.86. The lowest BCUT2D eigenvalue weighted by Gasteiger charge is -2.04. The van der Waals surface area contributed by atoms with Crippen LogP contribution in [0.15, 0.2) is 24.3 Å². The minimum atomic E-state index is 0.270. The monoisotopic (exact) mass is 186 g/mol. The molecule has 0 saturated heterocycles. The first kappa shape index (κ1) is 9.36. The van der Waals surface area contributed by atoms with Crippen molar-refractivity contribution in [2.45, 2.75) is 5.88 Å². The van der Waals surface area contributed by atoms with Gasteiger partial charge >= 0.3 is 0 Å². The zero-order valence-corrected chi connectivity index (χ0v) is 7.67. The molecule has 0 unspecified atom stereocenters. The molecule has 0 saturated carbocycles. The lowest BCUT2D eigenvalue weighted by Crippen LogP contribution is -1.98. The van der Waals surface area contributed by atoms with Crippen molar-refractivity contribution >= 4 is 11.6 Å². The second kappa shape index (κ2) is 5.01. The minimum Gasteiger partial charge on any atom is -0.468 e. The predicted molar refractivity (Wildman–Crippen MR) is 48.5 cm³/mol. The van der Waals surface area contributed by atoms with Crippen LogP contribution >= 0.6 is 11.6 Å². The molecule has 1 aromatic rings. The van der Waals surface area contributed by atoms with Crippen molar-refractivity contribution in [2.75, 3.05) is 13.9 Å². The molecule has 0 bridgehead atoms. The molecular weight excluding hydrogens is 176 g/mol. The van der Waals surface area contributed by atoms with E-state index in [1.807, 2.05) is 24.3 Å². The molecule has 0 radical (unpaired) electrons. The molecule has 1 rings (SSSR count). The Hall–Kier alpha value is -0.730. The number of hydrogen-bond acceptors (Lipinski definition) is 2. The molecule has 0 spiro atoms. The van der Waals surface area contributed by atoms with Gasteiger partial charge in [-0.3, -0.25) is 0 Å². The van der Waals surface area contributed by atoms with Gasteiger partial charge in [-0.15, -0.1) is 11.6 Å². The van der Waals surface area contributed by atoms with Gasteiger partial charge in [-0.25, -0.2) is 0 Å². The van der Waals surface area contributed by atoms with Crippen LogP contribution in [0.4, 0.5) is 0 Å². The smallest absolute Gasteiger partial charge is 0.188 e. The Labute approximate surface area is 77.1 Å². The van der Waals surface area contributed by atoms with Crippen LogP contribution in [-0.2, 0) is 10.6 Å². The highest BCUT2D eigenvalue weighted by Gasteiger charge is 1.94. The maximum absolute atomic E-state index is 5.65. The fraction of sp³-hybridized carbons (Fsp3) is 0.333. The van der Waals surface area contributed by atoms with Crippen LogP contribution in [0.5, 0.6) is 5.75 Å². The standard InChI is InChI=1S/C9H11ClO2/c1-11-7-12-9-4-2-3-8(5-9)6-10/h2-5H,6-7H2,1H3. The van der Waals surface area contributed by atoms with Gasteiger partial charge in [-0.1, -0.05) is 12.1 Å². The summed E-state index contributed by atoms with van der Waals surface area (Å²) in [5.41, 5.74) is 1.05. The number of hydrogen-bond donors (Lipinski definition) is 0. The van der Waals surface area contributed by atoms with Gasteiger partial charge in [0.2, 0.25) is 0 Å². The van der Waals surface area contributed by atoms with Crippen molar-refractivity contribution in [3.63, 3.8) is 0 Å². The van der Waals surface area contributed by atoms with Crippen molar-refractivity contribution in [1.82, 2.24) is 0 Å². The van der Waals surface area contributed by atoms with Gasteiger partial charge in [-0.2, -0.15) is 0 Å². The third-order valence-corrected chi connectivity index (χ3v) is 1.70. The summed E-state index contributed by atoms with van der Waals surface area (Å²) in [6.45, 7) is 0.270. The topological polar surface area (TPSA) is 18.5 Å². The fourth-order valence-electron chi connectivity index (χ4n) is 0.845. The Bertz CT molecular complexity index is 238. The van der Waals surface area contributed by atoms with Crippen molar-refractivity contribution in [1.29, 1.82) is 0 Å². The van der Waals surface area contributed by atoms with Gasteiger partial charge in [0, 0.05) is 13.0 Å². The van der Waals surface area contributed by atoms with E-state index in [0.717, 1.165) is 11.3 Å². The van der Waals surface area contributed by atoms with Crippen LogP contribution in [0.1, 0.15) is 5.56 Å². The first-order valence-corrected chi connectivity index (χ1v) is 4.17. The Kier molecular flexibility index (Phi) is 3.91. The molecule has 0 N–H and O–H groups in total. The molecule has 66 valence electrons. The molecule has 0 aliphatic carbocycles. The second-order valence-electron chi connectivity index (χ2n) is 2.33. The molecular formula is C9H11ClO2. The largest absolute Gasteiger partial charge is 0.468 e. The van der Waals surface area contributed by atoms with Crippen molar-refractivity contribution in [2.24, 2.45) is 0 Å². The zero-order chi connectivity index (χ0) is 8.81. The highest BCUT2D eigenvalue weighted by atomic mass is 35.5. The van der Waals surface area contributed by atoms with Crippen LogP contribution in [0.2, 0.25) is 0 Å². The second-order valence-corrected chi connectivity index (χ2v) is 2.60. The number of benzene rings is 1. The molecule has 1 aromatic carbocycles. The lowest BCUT2D eigenvalue weighted by atomic mass is 10.2. The zero-order valence-electron chi connectivity index (χ0n) is 6.92. The van der Waals surface area contributed by atoms with Gasteiger partial charge in [0.25, 0.3) is 0 Å². The molecule has 0 aromatic heterocycles. The van der Waals surface area contributed by atoms with E-state index in [1.165, 1.54) is 0 Å². The minimum absolute atomic E-state index is 0.270. The maximum Gasteiger partial charge on any atom is 0.188 e. The molecule has 0 amide bonds. The fourth-order valence-corrected chi connectivity index (χ4v) is 1.01. The highest BCUT2D eigenvalue weighted by Crippen LogP contribution is 2.14. The molecule has 0 aliphatic heterocycles. The number of methoxy groups -OCH3 is 1. The average molecular weight is 187 g/mol. The first-order valence-electron chi connectivity index (χ1n) is 3.63. The summed E-state index contributed by atoms with van der Waals surface area (Å²) in [6, 6.07) is 7.62. The Balaban J connectivity index is 2.60. The van der Waals surface area contributed by atoms with E-state index in [1.54, 1.807) is 7.11 Å². The highest BCUT2D eigenvalue weighted by molar-refractivity contribution is 6.17. The number of halogens is 1. The van der Waals surface area contributed by atoms with Crippen molar-refractivity contribution in [3.05, 3.63) is 29.8 Å². The molecule has 0 atom stereocenters. The van der Waals surface area contributed by atoms with E-state index in [-0.39, 0.29) is 6.79 Å². The van der Waals surface area contributed by atoms with E-state index < -0.39 is 0 Å². The summed E-state index contributed by atoms with van der Waals surface area (Å²) in [7, 11) is 1.59. The van der Waals surface area contributed by atoms with Gasteiger partial charge in [0.05, 0.1) is 0 Å². The summed E-state index contributed by atoms with van der Waals surface area (Å²) in [6.07, 6.45) is 0. The van der Waals surface area contributed by atoms with E-state index in [9.17, 15) is 0 Å². The van der Waals surface area contributed by atoms with E-state index in [0.29, 0.717) is 5.88 Å². The van der Waals surface area contributed by atoms with Crippen LogP contribution in [0.25, 0.3) is 0 Å². The summed E-state index contributed by atoms with van der Waals surface area (Å²) in [5, 5.41) is 0. The Morgan fingerprint density at radius 1 is 1.42 bits per heavy atom. The molecule has 0 fully saturated rings. The van der Waals surface area contributed by atoms with E-state index in [4.69, 9.17) is 21.1 Å². The van der Waals surface area contributed by atoms with Crippen molar-refractivity contribution in [3.8, 4) is 5.75 Å². The van der Waals surface area contributed by atoms with Crippen LogP contribution in [0.3, 0.4) is 0 Å². The Morgan fingerprint density at radius 3 is 2.92 bits per heavy atom. The third-order valence-electron chi connectivity index (χ3n) is 1.40. The van der Waals surface area contributed by atoms with Gasteiger partial charge in [0.1, 0.15) is 5.75 Å². The SMILES string of the molecule is COCOc1cccc(CCl)c1. The predicted octanol–water partition coefficient (Wildman–Crippen LogP) is 2.41. The normalized spacial score (nSPS) is 9.83. The third kappa shape index (κ3) is 2.72. The molecule has 12 heavy (non-hydrogen) atoms. The van der Waals surface area contributed by atoms with Crippen molar-refractivity contribution < 1.29 is 9.47 Å². The number of rotatable bonds is 4. The maximum atomic E-state index is 5.65. The van der Waals surface area contributed by atoms with Gasteiger partial charge < -0.3 is 9.47 Å². The quantitative estimate of drug-likeness (QED) is 0.531. The van der Waals surface area contributed by atoms with Gasteiger partial charge in [-0.05, 0) is 17.7 Å². The summed E-state index contributed by atoms with van der Waals surface area (Å²) >= 11 is 5.65. The summed E-state index contributed by atoms with van der Waals surface area (Å²) in [4.78, 5) is 0. The van der Waals surface area contributed by atoms with E-state index >= 15 is 0 Å². The summed E-state index contributed by atoms with van der Waals surface area (Å²) < 4.78 is 9.98. The van der Waals surface area contributed by atoms with Crippen LogP contribution in [0, 0.1) is 0 Å². The Morgan fingerprint density at radius 2 is 2.25 bits per heavy atom. The van der Waals surface area contributed by atoms with Crippen LogP contribution < -0.4 is 4.74 Å². The molecule has 0 aliphatic rings. The molecule has 0 heterocycles. The van der Waals surface area contributed by atoms with Gasteiger partial charge in [0.15, 0.2) is 6.79 Å². The molecule has 2 nitrogen and oxygen atoms in total. The number of alkyl halides is 1. The summed E-state index contributed by atoms with van der Waals surface area (Å²) in [5.74, 6) is 1.29. The van der Waals surface area contributed by atoms with E-state index in [2.05, 4.69) is 0 Å². The lowest BCUT2D eigenvalue weighted by molar-refractivity contribution is 0.0511. The molecule has 3 heteroatoms. The number of ether oxygens (including phenoxy) is 2.